The number of halogens is 2. The number of aliphatic hydroxyl groups excluding tert-OH is 1. The molecule has 0 heterocycles. The normalized spacial score (nSPS) is 18.5. The van der Waals surface area contributed by atoms with Crippen molar-refractivity contribution in [3.8, 4) is 0 Å². The highest BCUT2D eigenvalue weighted by atomic mass is 35.5. The fraction of sp³-hybridized carbons (Fsp3) is 0.625. The van der Waals surface area contributed by atoms with Crippen molar-refractivity contribution in [2.75, 3.05) is 0 Å². The van der Waals surface area contributed by atoms with E-state index < -0.39 is 0 Å². The van der Waals surface area contributed by atoms with Crippen molar-refractivity contribution in [1.29, 1.82) is 0 Å². The second kappa shape index (κ2) is 7.25. The average Bonchev–Trinajstić information content (AvgIpc) is 2.41. The summed E-state index contributed by atoms with van der Waals surface area (Å²) in [5.41, 5.74) is 0.833. The number of benzene rings is 1. The summed E-state index contributed by atoms with van der Waals surface area (Å²) in [5, 5.41) is 10.5. The van der Waals surface area contributed by atoms with E-state index in [9.17, 15) is 9.50 Å². The van der Waals surface area contributed by atoms with Gasteiger partial charge >= 0.3 is 0 Å². The van der Waals surface area contributed by atoms with Gasteiger partial charge in [-0.05, 0) is 42.9 Å². The molecule has 0 saturated heterocycles. The van der Waals surface area contributed by atoms with Crippen LogP contribution >= 0.6 is 11.6 Å². The molecule has 0 aromatic heterocycles. The second-order valence-electron chi connectivity index (χ2n) is 5.68. The molecule has 0 spiro atoms. The van der Waals surface area contributed by atoms with Crippen LogP contribution in [0.1, 0.15) is 50.5 Å². The largest absolute Gasteiger partial charge is 0.393 e. The SMILES string of the molecule is OC(CCC1CCCCC1)Cc1ccc(F)cc1Cl. The van der Waals surface area contributed by atoms with Crippen LogP contribution in [0.2, 0.25) is 5.02 Å². The first-order chi connectivity index (χ1) is 9.15. The van der Waals surface area contributed by atoms with Crippen LogP contribution in [0.15, 0.2) is 18.2 Å². The lowest BCUT2D eigenvalue weighted by Crippen LogP contribution is -2.14. The molecule has 1 N–H and O–H groups in total. The molecule has 1 unspecified atom stereocenters. The Balaban J connectivity index is 1.78. The van der Waals surface area contributed by atoms with Gasteiger partial charge in [-0.1, -0.05) is 49.8 Å². The molecule has 3 heteroatoms. The maximum absolute atomic E-state index is 12.9. The van der Waals surface area contributed by atoms with Gasteiger partial charge in [-0.3, -0.25) is 0 Å². The van der Waals surface area contributed by atoms with Gasteiger partial charge in [0.2, 0.25) is 0 Å². The first-order valence-corrected chi connectivity index (χ1v) is 7.65. The van der Waals surface area contributed by atoms with E-state index in [1.54, 1.807) is 6.07 Å². The Bertz CT molecular complexity index is 402. The monoisotopic (exact) mass is 284 g/mol. The Labute approximate surface area is 119 Å². The molecule has 1 saturated carbocycles. The topological polar surface area (TPSA) is 20.2 Å². The summed E-state index contributed by atoms with van der Waals surface area (Å²) in [4.78, 5) is 0. The number of hydrogen-bond acceptors (Lipinski definition) is 1. The highest BCUT2D eigenvalue weighted by molar-refractivity contribution is 6.31. The fourth-order valence-corrected chi connectivity index (χ4v) is 3.19. The summed E-state index contributed by atoms with van der Waals surface area (Å²) in [6.07, 6.45) is 8.72. The lowest BCUT2D eigenvalue weighted by molar-refractivity contribution is 0.149. The summed E-state index contributed by atoms with van der Waals surface area (Å²) in [6, 6.07) is 4.38. The van der Waals surface area contributed by atoms with E-state index in [0.29, 0.717) is 11.4 Å². The maximum Gasteiger partial charge on any atom is 0.124 e. The average molecular weight is 285 g/mol. The maximum atomic E-state index is 12.9. The molecule has 1 aliphatic rings. The lowest BCUT2D eigenvalue weighted by atomic mass is 9.85. The minimum Gasteiger partial charge on any atom is -0.393 e. The summed E-state index contributed by atoms with van der Waals surface area (Å²) >= 11 is 5.97. The van der Waals surface area contributed by atoms with E-state index in [0.717, 1.165) is 24.3 Å². The molecule has 2 rings (SSSR count). The van der Waals surface area contributed by atoms with Gasteiger partial charge in [-0.15, -0.1) is 0 Å². The van der Waals surface area contributed by atoms with E-state index in [1.807, 2.05) is 0 Å². The molecule has 0 bridgehead atoms. The van der Waals surface area contributed by atoms with Crippen molar-refractivity contribution in [1.82, 2.24) is 0 Å². The van der Waals surface area contributed by atoms with Crippen LogP contribution in [0.4, 0.5) is 4.39 Å². The van der Waals surface area contributed by atoms with Gasteiger partial charge in [0.05, 0.1) is 6.10 Å². The molecule has 0 radical (unpaired) electrons. The van der Waals surface area contributed by atoms with Gasteiger partial charge in [0.25, 0.3) is 0 Å². The predicted molar refractivity (Wildman–Crippen MR) is 76.9 cm³/mol. The van der Waals surface area contributed by atoms with Crippen molar-refractivity contribution in [3.05, 3.63) is 34.6 Å². The van der Waals surface area contributed by atoms with Gasteiger partial charge in [-0.25, -0.2) is 4.39 Å². The summed E-state index contributed by atoms with van der Waals surface area (Å²) in [5.74, 6) is 0.456. The van der Waals surface area contributed by atoms with Crippen LogP contribution in [0.25, 0.3) is 0 Å². The molecule has 0 aliphatic heterocycles. The molecule has 1 nitrogen and oxygen atoms in total. The van der Waals surface area contributed by atoms with Crippen molar-refractivity contribution in [2.45, 2.75) is 57.5 Å². The zero-order chi connectivity index (χ0) is 13.7. The van der Waals surface area contributed by atoms with Crippen LogP contribution in [0, 0.1) is 11.7 Å². The fourth-order valence-electron chi connectivity index (χ4n) is 2.95. The molecule has 1 fully saturated rings. The molecular formula is C16H22ClFO. The molecule has 1 aromatic rings. The van der Waals surface area contributed by atoms with Crippen molar-refractivity contribution in [3.63, 3.8) is 0 Å². The Morgan fingerprint density at radius 1 is 1.26 bits per heavy atom. The number of rotatable bonds is 5. The van der Waals surface area contributed by atoms with Crippen LogP contribution < -0.4 is 0 Å². The van der Waals surface area contributed by atoms with Crippen molar-refractivity contribution in [2.24, 2.45) is 5.92 Å². The zero-order valence-electron chi connectivity index (χ0n) is 11.2. The molecule has 19 heavy (non-hydrogen) atoms. The van der Waals surface area contributed by atoms with Crippen molar-refractivity contribution >= 4 is 11.6 Å². The van der Waals surface area contributed by atoms with E-state index in [-0.39, 0.29) is 11.9 Å². The van der Waals surface area contributed by atoms with E-state index in [1.165, 1.54) is 44.2 Å². The van der Waals surface area contributed by atoms with Crippen LogP contribution in [-0.4, -0.2) is 11.2 Å². The van der Waals surface area contributed by atoms with Gasteiger partial charge in [0, 0.05) is 5.02 Å². The minimum atomic E-state index is -0.370. The Morgan fingerprint density at radius 2 is 2.00 bits per heavy atom. The van der Waals surface area contributed by atoms with Crippen molar-refractivity contribution < 1.29 is 9.50 Å². The molecule has 1 atom stereocenters. The van der Waals surface area contributed by atoms with Crippen LogP contribution in [-0.2, 0) is 6.42 Å². The van der Waals surface area contributed by atoms with Gasteiger partial charge in [0.15, 0.2) is 0 Å². The zero-order valence-corrected chi connectivity index (χ0v) is 12.0. The first-order valence-electron chi connectivity index (χ1n) is 7.27. The third-order valence-electron chi connectivity index (χ3n) is 4.10. The summed E-state index contributed by atoms with van der Waals surface area (Å²) < 4.78 is 12.9. The standard InChI is InChI=1S/C16H22ClFO/c17-16-11-14(18)8-7-13(16)10-15(19)9-6-12-4-2-1-3-5-12/h7-8,11-12,15,19H,1-6,9-10H2. The third-order valence-corrected chi connectivity index (χ3v) is 4.46. The second-order valence-corrected chi connectivity index (χ2v) is 6.08. The predicted octanol–water partition coefficient (Wildman–Crippen LogP) is 4.74. The van der Waals surface area contributed by atoms with Crippen LogP contribution in [0.5, 0.6) is 0 Å². The van der Waals surface area contributed by atoms with Gasteiger partial charge in [0.1, 0.15) is 5.82 Å². The molecule has 106 valence electrons. The molecule has 0 amide bonds. The number of aliphatic hydroxyl groups is 1. The van der Waals surface area contributed by atoms with Gasteiger partial charge < -0.3 is 5.11 Å². The number of hydrogen-bond donors (Lipinski definition) is 1. The van der Waals surface area contributed by atoms with E-state index in [4.69, 9.17) is 11.6 Å². The summed E-state index contributed by atoms with van der Waals surface area (Å²) in [6.45, 7) is 0. The quantitative estimate of drug-likeness (QED) is 0.828. The minimum absolute atomic E-state index is 0.328. The summed E-state index contributed by atoms with van der Waals surface area (Å²) in [7, 11) is 0. The first kappa shape index (κ1) is 14.8. The third kappa shape index (κ3) is 4.77. The van der Waals surface area contributed by atoms with E-state index in [2.05, 4.69) is 0 Å². The Hall–Kier alpha value is -0.600. The van der Waals surface area contributed by atoms with Crippen LogP contribution in [0.3, 0.4) is 0 Å². The Morgan fingerprint density at radius 3 is 2.68 bits per heavy atom. The lowest BCUT2D eigenvalue weighted by Gasteiger charge is -2.22. The Kier molecular flexibility index (Phi) is 5.65. The molecule has 1 aliphatic carbocycles. The molecule has 1 aromatic carbocycles. The molecular weight excluding hydrogens is 263 g/mol. The smallest absolute Gasteiger partial charge is 0.124 e. The van der Waals surface area contributed by atoms with E-state index >= 15 is 0 Å². The van der Waals surface area contributed by atoms with Gasteiger partial charge in [-0.2, -0.15) is 0 Å². The highest BCUT2D eigenvalue weighted by Gasteiger charge is 2.16. The highest BCUT2D eigenvalue weighted by Crippen LogP contribution is 2.28.